The summed E-state index contributed by atoms with van der Waals surface area (Å²) >= 11 is 0. The Labute approximate surface area is 179 Å². The number of hydrogen-bond donors (Lipinski definition) is 2. The summed E-state index contributed by atoms with van der Waals surface area (Å²) in [5.74, 6) is 0.341. The molecule has 162 valence electrons. The average molecular weight is 424 g/mol. The number of aryl methyl sites for hydroxylation is 2. The van der Waals surface area contributed by atoms with E-state index in [2.05, 4.69) is 25.9 Å². The molecule has 2 aromatic heterocycles. The van der Waals surface area contributed by atoms with Crippen molar-refractivity contribution in [2.24, 2.45) is 7.05 Å². The number of aromatic nitrogens is 4. The minimum atomic E-state index is -0.259. The van der Waals surface area contributed by atoms with Gasteiger partial charge in [-0.05, 0) is 12.5 Å². The molecule has 0 aliphatic carbocycles. The van der Waals surface area contributed by atoms with Crippen LogP contribution in [0.1, 0.15) is 39.0 Å². The first-order chi connectivity index (χ1) is 15.0. The van der Waals surface area contributed by atoms with E-state index in [0.29, 0.717) is 37.6 Å². The molecule has 0 saturated heterocycles. The van der Waals surface area contributed by atoms with Gasteiger partial charge in [0.05, 0.1) is 18.4 Å². The molecule has 1 aliphatic rings. The predicted octanol–water partition coefficient (Wildman–Crippen LogP) is 0.842. The second kappa shape index (κ2) is 9.09. The van der Waals surface area contributed by atoms with E-state index >= 15 is 0 Å². The number of carbonyl (C=O) groups excluding carboxylic acids is 2. The molecule has 0 fully saturated rings. The lowest BCUT2D eigenvalue weighted by Crippen LogP contribution is -2.38. The van der Waals surface area contributed by atoms with Crippen molar-refractivity contribution >= 4 is 11.8 Å². The standard InChI is InChI=1S/C21H24N6O4/c1-13-24-19(31-26-13)9-18(28)22-11-15-8-16-17(12-30-15)25-27(2)20(16)21(29)23-10-14-6-4-3-5-7-14/h3-7,15H,8-12H2,1-2H3,(H,22,28)(H,23,29). The summed E-state index contributed by atoms with van der Waals surface area (Å²) in [6.07, 6.45) is 0.238. The lowest BCUT2D eigenvalue weighted by Gasteiger charge is -2.23. The highest BCUT2D eigenvalue weighted by Crippen LogP contribution is 2.23. The highest BCUT2D eigenvalue weighted by atomic mass is 16.5. The largest absolute Gasteiger partial charge is 0.370 e. The smallest absolute Gasteiger partial charge is 0.270 e. The van der Waals surface area contributed by atoms with Gasteiger partial charge in [-0.2, -0.15) is 10.1 Å². The fraction of sp³-hybridized carbons (Fsp3) is 0.381. The highest BCUT2D eigenvalue weighted by Gasteiger charge is 2.29. The Hall–Kier alpha value is -3.53. The number of nitrogens with one attached hydrogen (secondary N) is 2. The van der Waals surface area contributed by atoms with E-state index in [4.69, 9.17) is 9.26 Å². The number of benzene rings is 1. The van der Waals surface area contributed by atoms with E-state index in [1.807, 2.05) is 30.3 Å². The predicted molar refractivity (Wildman–Crippen MR) is 109 cm³/mol. The van der Waals surface area contributed by atoms with Crippen molar-refractivity contribution in [2.75, 3.05) is 6.54 Å². The Kier molecular flexibility index (Phi) is 6.08. The molecule has 1 unspecified atom stereocenters. The number of fused-ring (bicyclic) bond motifs is 1. The van der Waals surface area contributed by atoms with E-state index in [-0.39, 0.29) is 30.2 Å². The van der Waals surface area contributed by atoms with Gasteiger partial charge >= 0.3 is 0 Å². The summed E-state index contributed by atoms with van der Waals surface area (Å²) in [5, 5.41) is 13.9. The normalized spacial score (nSPS) is 15.4. The van der Waals surface area contributed by atoms with E-state index in [9.17, 15) is 9.59 Å². The van der Waals surface area contributed by atoms with E-state index in [0.717, 1.165) is 16.8 Å². The van der Waals surface area contributed by atoms with Gasteiger partial charge in [0.1, 0.15) is 12.1 Å². The zero-order valence-electron chi connectivity index (χ0n) is 17.4. The van der Waals surface area contributed by atoms with Crippen molar-refractivity contribution in [1.29, 1.82) is 0 Å². The number of hydrogen-bond acceptors (Lipinski definition) is 7. The molecule has 1 aromatic carbocycles. The van der Waals surface area contributed by atoms with Crippen LogP contribution in [0.25, 0.3) is 0 Å². The number of amides is 2. The molecule has 1 aliphatic heterocycles. The Morgan fingerprint density at radius 3 is 2.77 bits per heavy atom. The number of carbonyl (C=O) groups is 2. The van der Waals surface area contributed by atoms with Crippen LogP contribution in [0.5, 0.6) is 0 Å². The zero-order chi connectivity index (χ0) is 21.8. The molecule has 0 bridgehead atoms. The van der Waals surface area contributed by atoms with E-state index in [1.54, 1.807) is 18.7 Å². The Bertz CT molecular complexity index is 1070. The van der Waals surface area contributed by atoms with Crippen LogP contribution in [0.4, 0.5) is 0 Å². The van der Waals surface area contributed by atoms with Crippen molar-refractivity contribution in [2.45, 2.75) is 39.0 Å². The van der Waals surface area contributed by atoms with E-state index in [1.165, 1.54) is 0 Å². The highest BCUT2D eigenvalue weighted by molar-refractivity contribution is 5.94. The third-order valence-corrected chi connectivity index (χ3v) is 5.04. The molecule has 0 spiro atoms. The Balaban J connectivity index is 1.35. The van der Waals surface area contributed by atoms with Gasteiger partial charge in [-0.25, -0.2) is 0 Å². The van der Waals surface area contributed by atoms with Gasteiger partial charge in [0.15, 0.2) is 5.82 Å². The SMILES string of the molecule is Cc1noc(CC(=O)NCC2Cc3c(nn(C)c3C(=O)NCc3ccccc3)CO2)n1. The van der Waals surface area contributed by atoms with Crippen LogP contribution < -0.4 is 10.6 Å². The van der Waals surface area contributed by atoms with Crippen LogP contribution in [0.3, 0.4) is 0 Å². The molecule has 31 heavy (non-hydrogen) atoms. The van der Waals surface area contributed by atoms with E-state index < -0.39 is 0 Å². The maximum atomic E-state index is 12.8. The molecule has 3 heterocycles. The van der Waals surface area contributed by atoms with Crippen LogP contribution in [0.2, 0.25) is 0 Å². The Morgan fingerprint density at radius 2 is 2.03 bits per heavy atom. The molecule has 2 amide bonds. The zero-order valence-corrected chi connectivity index (χ0v) is 17.4. The van der Waals surface area contributed by atoms with Crippen molar-refractivity contribution < 1.29 is 18.8 Å². The van der Waals surface area contributed by atoms with Crippen LogP contribution in [-0.4, -0.2) is 44.4 Å². The fourth-order valence-electron chi connectivity index (χ4n) is 3.55. The molecule has 10 nitrogen and oxygen atoms in total. The van der Waals surface area contributed by atoms with Gasteiger partial charge in [0.25, 0.3) is 5.91 Å². The fourth-order valence-corrected chi connectivity index (χ4v) is 3.55. The van der Waals surface area contributed by atoms with Crippen LogP contribution in [0.15, 0.2) is 34.9 Å². The number of rotatable bonds is 7. The van der Waals surface area contributed by atoms with Crippen molar-refractivity contribution in [3.63, 3.8) is 0 Å². The summed E-state index contributed by atoms with van der Waals surface area (Å²) in [4.78, 5) is 29.0. The molecule has 4 rings (SSSR count). The summed E-state index contributed by atoms with van der Waals surface area (Å²) in [5.41, 5.74) is 3.14. The molecule has 1 atom stereocenters. The molecule has 0 saturated carbocycles. The van der Waals surface area contributed by atoms with Crippen molar-refractivity contribution in [1.82, 2.24) is 30.6 Å². The second-order valence-electron chi connectivity index (χ2n) is 7.42. The molecule has 3 aromatic rings. The summed E-state index contributed by atoms with van der Waals surface area (Å²) < 4.78 is 12.4. The van der Waals surface area contributed by atoms with Gasteiger partial charge < -0.3 is 19.9 Å². The maximum absolute atomic E-state index is 12.8. The molecular weight excluding hydrogens is 400 g/mol. The first-order valence-corrected chi connectivity index (χ1v) is 10.0. The van der Waals surface area contributed by atoms with Crippen LogP contribution in [-0.2, 0) is 42.6 Å². The summed E-state index contributed by atoms with van der Waals surface area (Å²) in [7, 11) is 1.75. The number of nitrogens with zero attached hydrogens (tertiary/aromatic N) is 4. The second-order valence-corrected chi connectivity index (χ2v) is 7.42. The lowest BCUT2D eigenvalue weighted by atomic mass is 10.0. The van der Waals surface area contributed by atoms with Crippen LogP contribution in [0, 0.1) is 6.92 Å². The maximum Gasteiger partial charge on any atom is 0.270 e. The minimum absolute atomic E-state index is 0.0127. The quantitative estimate of drug-likeness (QED) is 0.576. The average Bonchev–Trinajstić information content (AvgIpc) is 3.32. The van der Waals surface area contributed by atoms with Gasteiger partial charge in [-0.3, -0.25) is 14.3 Å². The molecular formula is C21H24N6O4. The van der Waals surface area contributed by atoms with Gasteiger partial charge in [-0.1, -0.05) is 35.5 Å². The topological polar surface area (TPSA) is 124 Å². The monoisotopic (exact) mass is 424 g/mol. The Morgan fingerprint density at radius 1 is 1.23 bits per heavy atom. The van der Waals surface area contributed by atoms with Gasteiger partial charge in [0.2, 0.25) is 11.8 Å². The van der Waals surface area contributed by atoms with Crippen molar-refractivity contribution in [3.8, 4) is 0 Å². The molecule has 0 radical (unpaired) electrons. The van der Waals surface area contributed by atoms with Crippen molar-refractivity contribution in [3.05, 3.63) is 64.6 Å². The summed E-state index contributed by atoms with van der Waals surface area (Å²) in [6, 6.07) is 9.72. The summed E-state index contributed by atoms with van der Waals surface area (Å²) in [6.45, 7) is 2.73. The third-order valence-electron chi connectivity index (χ3n) is 5.04. The lowest BCUT2D eigenvalue weighted by molar-refractivity contribution is -0.121. The molecule has 2 N–H and O–H groups in total. The minimum Gasteiger partial charge on any atom is -0.370 e. The molecule has 10 heteroatoms. The van der Waals surface area contributed by atoms with Crippen LogP contribution >= 0.6 is 0 Å². The number of ether oxygens (including phenoxy) is 1. The first kappa shape index (κ1) is 20.7. The first-order valence-electron chi connectivity index (χ1n) is 10.0. The van der Waals surface area contributed by atoms with Gasteiger partial charge in [-0.15, -0.1) is 0 Å². The van der Waals surface area contributed by atoms with Gasteiger partial charge in [0, 0.05) is 32.1 Å². The third kappa shape index (κ3) is 4.97.